The minimum absolute atomic E-state index is 0.212. The van der Waals surface area contributed by atoms with Crippen molar-refractivity contribution in [2.24, 2.45) is 7.05 Å². The van der Waals surface area contributed by atoms with E-state index >= 15 is 0 Å². The lowest BCUT2D eigenvalue weighted by Gasteiger charge is -2.05. The highest BCUT2D eigenvalue weighted by Gasteiger charge is 2.12. The first-order valence-electron chi connectivity index (χ1n) is 8.00. The molecule has 0 aliphatic carbocycles. The van der Waals surface area contributed by atoms with Gasteiger partial charge in [0.1, 0.15) is 5.52 Å². The van der Waals surface area contributed by atoms with E-state index in [-0.39, 0.29) is 5.91 Å². The number of benzene rings is 1. The highest BCUT2D eigenvalue weighted by Crippen LogP contribution is 2.20. The predicted molar refractivity (Wildman–Crippen MR) is 94.4 cm³/mol. The van der Waals surface area contributed by atoms with Gasteiger partial charge in [0.05, 0.1) is 23.1 Å². The molecule has 0 spiro atoms. The largest absolute Gasteiger partial charge is 0.321 e. The molecular weight excluding hydrogens is 318 g/mol. The first-order chi connectivity index (χ1) is 12.1. The number of carbonyl (C=O) groups is 1. The summed E-state index contributed by atoms with van der Waals surface area (Å²) in [6, 6.07) is 7.26. The zero-order chi connectivity index (χ0) is 17.6. The number of anilines is 1. The molecule has 25 heavy (non-hydrogen) atoms. The highest BCUT2D eigenvalue weighted by molar-refractivity contribution is 6.06. The van der Waals surface area contributed by atoms with E-state index in [1.165, 1.54) is 0 Å². The maximum absolute atomic E-state index is 12.5. The Hall–Kier alpha value is -3.29. The number of pyridine rings is 1. The second kappa shape index (κ2) is 5.66. The van der Waals surface area contributed by atoms with Crippen LogP contribution in [0.25, 0.3) is 22.1 Å². The van der Waals surface area contributed by atoms with E-state index in [0.717, 1.165) is 28.8 Å². The molecule has 0 radical (unpaired) electrons. The Balaban J connectivity index is 1.64. The summed E-state index contributed by atoms with van der Waals surface area (Å²) in [6.45, 7) is 4.65. The van der Waals surface area contributed by atoms with Crippen LogP contribution in [0.3, 0.4) is 0 Å². The Kier molecular flexibility index (Phi) is 3.45. The summed E-state index contributed by atoms with van der Waals surface area (Å²) >= 11 is 0. The van der Waals surface area contributed by atoms with E-state index in [1.54, 1.807) is 27.7 Å². The van der Waals surface area contributed by atoms with Gasteiger partial charge in [-0.1, -0.05) is 5.21 Å². The number of aryl methyl sites for hydroxylation is 3. The van der Waals surface area contributed by atoms with Crippen molar-refractivity contribution in [1.82, 2.24) is 29.8 Å². The van der Waals surface area contributed by atoms with Crippen LogP contribution in [0.2, 0.25) is 0 Å². The molecule has 0 atom stereocenters. The van der Waals surface area contributed by atoms with E-state index in [9.17, 15) is 4.79 Å². The van der Waals surface area contributed by atoms with Crippen molar-refractivity contribution in [3.05, 3.63) is 41.7 Å². The van der Waals surface area contributed by atoms with Gasteiger partial charge in [-0.2, -0.15) is 5.10 Å². The Morgan fingerprint density at radius 1 is 1.28 bits per heavy atom. The zero-order valence-corrected chi connectivity index (χ0v) is 14.2. The van der Waals surface area contributed by atoms with Crippen LogP contribution in [-0.4, -0.2) is 35.7 Å². The molecule has 0 saturated carbocycles. The van der Waals surface area contributed by atoms with Gasteiger partial charge < -0.3 is 5.32 Å². The van der Waals surface area contributed by atoms with Crippen LogP contribution in [0, 0.1) is 6.92 Å². The normalized spacial score (nSPS) is 11.3. The Morgan fingerprint density at radius 3 is 2.92 bits per heavy atom. The lowest BCUT2D eigenvalue weighted by atomic mass is 10.2. The van der Waals surface area contributed by atoms with Gasteiger partial charge in [-0.3, -0.25) is 9.48 Å². The molecule has 3 aromatic heterocycles. The van der Waals surface area contributed by atoms with E-state index in [4.69, 9.17) is 0 Å². The lowest BCUT2D eigenvalue weighted by Crippen LogP contribution is -2.12. The number of carbonyl (C=O) groups excluding carboxylic acids is 1. The van der Waals surface area contributed by atoms with Crippen LogP contribution in [0.5, 0.6) is 0 Å². The quantitative estimate of drug-likeness (QED) is 0.620. The number of aromatic nitrogens is 6. The maximum atomic E-state index is 12.5. The fraction of sp³-hybridized carbons (Fsp3) is 0.235. The van der Waals surface area contributed by atoms with Gasteiger partial charge in [0.25, 0.3) is 5.91 Å². The van der Waals surface area contributed by atoms with Gasteiger partial charge >= 0.3 is 0 Å². The number of hydrogen-bond acceptors (Lipinski definition) is 5. The summed E-state index contributed by atoms with van der Waals surface area (Å²) in [6.07, 6.45) is 1.63. The van der Waals surface area contributed by atoms with Crippen molar-refractivity contribution >= 4 is 33.7 Å². The Labute approximate surface area is 143 Å². The first kappa shape index (κ1) is 15.3. The summed E-state index contributed by atoms with van der Waals surface area (Å²) < 4.78 is 3.52. The number of fused-ring (bicyclic) bond motifs is 2. The van der Waals surface area contributed by atoms with Crippen molar-refractivity contribution in [3.8, 4) is 0 Å². The average Bonchev–Trinajstić information content (AvgIpc) is 3.15. The fourth-order valence-corrected chi connectivity index (χ4v) is 2.93. The lowest BCUT2D eigenvalue weighted by molar-refractivity contribution is 0.102. The number of rotatable bonds is 3. The highest BCUT2D eigenvalue weighted by atomic mass is 16.1. The second-order valence-electron chi connectivity index (χ2n) is 5.87. The van der Waals surface area contributed by atoms with Crippen molar-refractivity contribution in [1.29, 1.82) is 0 Å². The van der Waals surface area contributed by atoms with Gasteiger partial charge in [0.2, 0.25) is 0 Å². The third-order valence-corrected chi connectivity index (χ3v) is 4.20. The molecule has 4 rings (SSSR count). The van der Waals surface area contributed by atoms with E-state index < -0.39 is 0 Å². The molecule has 0 bridgehead atoms. The van der Waals surface area contributed by atoms with Crippen molar-refractivity contribution in [3.63, 3.8) is 0 Å². The monoisotopic (exact) mass is 335 g/mol. The molecule has 3 heterocycles. The van der Waals surface area contributed by atoms with E-state index in [2.05, 4.69) is 25.7 Å². The SMILES string of the molecule is CCn1nnc2cc(C(=O)Nc3cnc4c(c3)c(C)nn4C)ccc21. The van der Waals surface area contributed by atoms with Crippen LogP contribution in [0.1, 0.15) is 23.0 Å². The molecule has 0 unspecified atom stereocenters. The van der Waals surface area contributed by atoms with Crippen LogP contribution in [0.4, 0.5) is 5.69 Å². The maximum Gasteiger partial charge on any atom is 0.255 e. The molecule has 1 N–H and O–H groups in total. The van der Waals surface area contributed by atoms with Gasteiger partial charge in [0.15, 0.2) is 5.65 Å². The topological polar surface area (TPSA) is 90.5 Å². The molecule has 0 aliphatic rings. The third-order valence-electron chi connectivity index (χ3n) is 4.20. The van der Waals surface area contributed by atoms with Crippen molar-refractivity contribution in [2.75, 3.05) is 5.32 Å². The van der Waals surface area contributed by atoms with Gasteiger partial charge in [-0.15, -0.1) is 5.10 Å². The molecule has 4 aromatic rings. The number of hydrogen-bond donors (Lipinski definition) is 1. The number of amides is 1. The molecular formula is C17H17N7O. The standard InChI is InChI=1S/C17H17N7O/c1-4-24-15-6-5-11(7-14(15)20-22-24)17(25)19-12-8-13-10(2)21-23(3)16(13)18-9-12/h5-9H,4H2,1-3H3,(H,19,25). The van der Waals surface area contributed by atoms with Gasteiger partial charge in [-0.25, -0.2) is 9.67 Å². The Bertz CT molecular complexity index is 1110. The summed E-state index contributed by atoms with van der Waals surface area (Å²) in [4.78, 5) is 16.9. The number of nitrogens with one attached hydrogen (secondary N) is 1. The van der Waals surface area contributed by atoms with Crippen molar-refractivity contribution < 1.29 is 4.79 Å². The summed E-state index contributed by atoms with van der Waals surface area (Å²) in [5.41, 5.74) is 4.43. The van der Waals surface area contributed by atoms with Crippen molar-refractivity contribution in [2.45, 2.75) is 20.4 Å². The van der Waals surface area contributed by atoms with Crippen LogP contribution in [-0.2, 0) is 13.6 Å². The molecule has 126 valence electrons. The zero-order valence-electron chi connectivity index (χ0n) is 14.2. The molecule has 1 amide bonds. The minimum Gasteiger partial charge on any atom is -0.321 e. The summed E-state index contributed by atoms with van der Waals surface area (Å²) in [7, 11) is 1.85. The first-order valence-corrected chi connectivity index (χ1v) is 8.00. The van der Waals surface area contributed by atoms with Crippen LogP contribution >= 0.6 is 0 Å². The van der Waals surface area contributed by atoms with E-state index in [0.29, 0.717) is 16.8 Å². The van der Waals surface area contributed by atoms with Gasteiger partial charge in [0, 0.05) is 24.5 Å². The Morgan fingerprint density at radius 2 is 2.12 bits per heavy atom. The summed E-state index contributed by atoms with van der Waals surface area (Å²) in [5, 5.41) is 16.3. The third kappa shape index (κ3) is 2.51. The smallest absolute Gasteiger partial charge is 0.255 e. The van der Waals surface area contributed by atoms with Crippen LogP contribution < -0.4 is 5.32 Å². The predicted octanol–water partition coefficient (Wildman–Crippen LogP) is 2.29. The molecule has 8 heteroatoms. The number of nitrogens with zero attached hydrogens (tertiary/aromatic N) is 6. The molecule has 0 aliphatic heterocycles. The molecule has 0 fully saturated rings. The average molecular weight is 335 g/mol. The molecule has 1 aromatic carbocycles. The molecule has 0 saturated heterocycles. The van der Waals surface area contributed by atoms with E-state index in [1.807, 2.05) is 33.0 Å². The van der Waals surface area contributed by atoms with Gasteiger partial charge in [-0.05, 0) is 38.1 Å². The fourth-order valence-electron chi connectivity index (χ4n) is 2.93. The minimum atomic E-state index is -0.212. The summed E-state index contributed by atoms with van der Waals surface area (Å²) in [5.74, 6) is -0.212. The second-order valence-corrected chi connectivity index (χ2v) is 5.87. The van der Waals surface area contributed by atoms with Crippen LogP contribution in [0.15, 0.2) is 30.5 Å². The molecule has 8 nitrogen and oxygen atoms in total.